The standard InChI is InChI=1S/C13H22N2OS/c1-14-11-9-17-7-6-15(12(11)16)13-4-2-10(8-13)3-5-13/h10-11,14H,2-9H2,1H3. The summed E-state index contributed by atoms with van der Waals surface area (Å²) in [6.45, 7) is 0.967. The van der Waals surface area contributed by atoms with E-state index >= 15 is 0 Å². The molecule has 1 aliphatic heterocycles. The van der Waals surface area contributed by atoms with Gasteiger partial charge in [-0.3, -0.25) is 4.79 Å². The SMILES string of the molecule is CNC1CSCCN(C23CCC(CC2)C3)C1=O. The van der Waals surface area contributed by atoms with Crippen LogP contribution >= 0.6 is 11.8 Å². The summed E-state index contributed by atoms with van der Waals surface area (Å²) in [5.41, 5.74) is 0.252. The second kappa shape index (κ2) is 4.47. The van der Waals surface area contributed by atoms with E-state index in [2.05, 4.69) is 10.2 Å². The van der Waals surface area contributed by atoms with Crippen molar-refractivity contribution in [1.82, 2.24) is 10.2 Å². The number of nitrogens with zero attached hydrogens (tertiary/aromatic N) is 1. The number of thioether (sulfide) groups is 1. The lowest BCUT2D eigenvalue weighted by atomic mass is 9.91. The van der Waals surface area contributed by atoms with Gasteiger partial charge in [0.2, 0.25) is 5.91 Å². The molecule has 3 rings (SSSR count). The third-order valence-corrected chi connectivity index (χ3v) is 5.97. The van der Waals surface area contributed by atoms with E-state index in [9.17, 15) is 4.79 Å². The van der Waals surface area contributed by atoms with E-state index in [1.165, 1.54) is 32.1 Å². The van der Waals surface area contributed by atoms with Gasteiger partial charge in [0, 0.05) is 23.6 Å². The van der Waals surface area contributed by atoms with E-state index in [-0.39, 0.29) is 11.6 Å². The molecule has 3 nitrogen and oxygen atoms in total. The first-order valence-corrected chi connectivity index (χ1v) is 7.97. The van der Waals surface area contributed by atoms with E-state index in [0.717, 1.165) is 24.0 Å². The van der Waals surface area contributed by atoms with E-state index in [4.69, 9.17) is 0 Å². The molecular formula is C13H22N2OS. The molecule has 1 saturated heterocycles. The number of likely N-dealkylation sites (N-methyl/N-ethyl adjacent to an activating group) is 1. The molecule has 0 aromatic heterocycles. The Morgan fingerprint density at radius 3 is 2.76 bits per heavy atom. The van der Waals surface area contributed by atoms with Gasteiger partial charge in [-0.05, 0) is 45.1 Å². The molecule has 96 valence electrons. The predicted molar refractivity (Wildman–Crippen MR) is 71.2 cm³/mol. The van der Waals surface area contributed by atoms with Gasteiger partial charge in [0.05, 0.1) is 6.04 Å². The normalized spacial score (nSPS) is 41.9. The number of rotatable bonds is 2. The Morgan fingerprint density at radius 2 is 2.18 bits per heavy atom. The highest BCUT2D eigenvalue weighted by molar-refractivity contribution is 7.99. The molecule has 3 aliphatic rings. The molecule has 0 aromatic carbocycles. The van der Waals surface area contributed by atoms with Gasteiger partial charge >= 0.3 is 0 Å². The monoisotopic (exact) mass is 254 g/mol. The van der Waals surface area contributed by atoms with Crippen molar-refractivity contribution >= 4 is 17.7 Å². The molecule has 0 radical (unpaired) electrons. The zero-order valence-corrected chi connectivity index (χ0v) is 11.4. The lowest BCUT2D eigenvalue weighted by Gasteiger charge is -2.40. The quantitative estimate of drug-likeness (QED) is 0.810. The summed E-state index contributed by atoms with van der Waals surface area (Å²) in [6, 6.07) is 0.0384. The van der Waals surface area contributed by atoms with Gasteiger partial charge in [-0.15, -0.1) is 0 Å². The minimum absolute atomic E-state index is 0.0384. The van der Waals surface area contributed by atoms with Gasteiger partial charge in [0.25, 0.3) is 0 Å². The van der Waals surface area contributed by atoms with Crippen LogP contribution in [0.3, 0.4) is 0 Å². The predicted octanol–water partition coefficient (Wildman–Crippen LogP) is 1.48. The Balaban J connectivity index is 1.82. The van der Waals surface area contributed by atoms with Crippen molar-refractivity contribution in [3.05, 3.63) is 0 Å². The van der Waals surface area contributed by atoms with Crippen LogP contribution < -0.4 is 5.32 Å². The Kier molecular flexibility index (Phi) is 3.11. The van der Waals surface area contributed by atoms with E-state index in [0.29, 0.717) is 5.91 Å². The van der Waals surface area contributed by atoms with Crippen molar-refractivity contribution in [2.45, 2.75) is 43.7 Å². The fraction of sp³-hybridized carbons (Fsp3) is 0.923. The molecule has 0 aromatic rings. The van der Waals surface area contributed by atoms with Gasteiger partial charge < -0.3 is 10.2 Å². The number of fused-ring (bicyclic) bond motifs is 2. The maximum Gasteiger partial charge on any atom is 0.241 e. The number of hydrogen-bond acceptors (Lipinski definition) is 3. The van der Waals surface area contributed by atoms with Crippen molar-refractivity contribution in [1.29, 1.82) is 0 Å². The highest BCUT2D eigenvalue weighted by atomic mass is 32.2. The molecule has 2 saturated carbocycles. The van der Waals surface area contributed by atoms with Crippen molar-refractivity contribution in [3.63, 3.8) is 0 Å². The summed E-state index contributed by atoms with van der Waals surface area (Å²) in [6.07, 6.45) is 6.48. The van der Waals surface area contributed by atoms with E-state index in [1.54, 1.807) is 0 Å². The van der Waals surface area contributed by atoms with E-state index in [1.807, 2.05) is 18.8 Å². The summed E-state index contributed by atoms with van der Waals surface area (Å²) in [5.74, 6) is 3.31. The Morgan fingerprint density at radius 1 is 1.41 bits per heavy atom. The maximum atomic E-state index is 12.6. The van der Waals surface area contributed by atoms with Gasteiger partial charge in [0.1, 0.15) is 0 Å². The molecule has 2 aliphatic carbocycles. The summed E-state index contributed by atoms with van der Waals surface area (Å²) in [5, 5.41) is 3.19. The van der Waals surface area contributed by atoms with Gasteiger partial charge in [0.15, 0.2) is 0 Å². The molecule has 2 bridgehead atoms. The number of amides is 1. The minimum Gasteiger partial charge on any atom is -0.335 e. The summed E-state index contributed by atoms with van der Waals surface area (Å²) < 4.78 is 0. The van der Waals surface area contributed by atoms with Crippen molar-refractivity contribution in [3.8, 4) is 0 Å². The van der Waals surface area contributed by atoms with Crippen LogP contribution in [0.15, 0.2) is 0 Å². The summed E-state index contributed by atoms with van der Waals surface area (Å²) >= 11 is 1.91. The highest BCUT2D eigenvalue weighted by Gasteiger charge is 2.51. The average Bonchev–Trinajstić information content (AvgIpc) is 2.89. The number of hydrogen-bond donors (Lipinski definition) is 1. The van der Waals surface area contributed by atoms with Crippen LogP contribution in [0, 0.1) is 5.92 Å². The van der Waals surface area contributed by atoms with Crippen LogP contribution in [-0.4, -0.2) is 47.5 Å². The maximum absolute atomic E-state index is 12.6. The smallest absolute Gasteiger partial charge is 0.241 e. The van der Waals surface area contributed by atoms with Crippen molar-refractivity contribution in [2.24, 2.45) is 5.92 Å². The van der Waals surface area contributed by atoms with Gasteiger partial charge in [-0.25, -0.2) is 0 Å². The second-order valence-corrected chi connectivity index (χ2v) is 6.93. The zero-order chi connectivity index (χ0) is 11.9. The Hall–Kier alpha value is -0.220. The summed E-state index contributed by atoms with van der Waals surface area (Å²) in [4.78, 5) is 14.8. The van der Waals surface area contributed by atoms with Crippen LogP contribution in [0.4, 0.5) is 0 Å². The molecule has 0 spiro atoms. The number of nitrogens with one attached hydrogen (secondary N) is 1. The first-order chi connectivity index (χ1) is 8.25. The molecule has 1 amide bonds. The van der Waals surface area contributed by atoms with Crippen molar-refractivity contribution in [2.75, 3.05) is 25.1 Å². The third kappa shape index (κ3) is 1.89. The Bertz CT molecular complexity index is 313. The molecule has 3 fully saturated rings. The van der Waals surface area contributed by atoms with Crippen LogP contribution in [0.2, 0.25) is 0 Å². The zero-order valence-electron chi connectivity index (χ0n) is 10.6. The molecule has 1 heterocycles. The highest BCUT2D eigenvalue weighted by Crippen LogP contribution is 2.51. The Labute approximate surface area is 108 Å². The molecule has 4 heteroatoms. The second-order valence-electron chi connectivity index (χ2n) is 5.78. The van der Waals surface area contributed by atoms with E-state index < -0.39 is 0 Å². The number of carbonyl (C=O) groups is 1. The lowest BCUT2D eigenvalue weighted by molar-refractivity contribution is -0.138. The average molecular weight is 254 g/mol. The molecular weight excluding hydrogens is 232 g/mol. The first kappa shape index (κ1) is 11.8. The number of carbonyl (C=O) groups excluding carboxylic acids is 1. The molecule has 1 atom stereocenters. The van der Waals surface area contributed by atoms with Crippen LogP contribution in [-0.2, 0) is 4.79 Å². The van der Waals surface area contributed by atoms with Gasteiger partial charge in [-0.1, -0.05) is 0 Å². The molecule has 1 unspecified atom stereocenters. The van der Waals surface area contributed by atoms with Gasteiger partial charge in [-0.2, -0.15) is 11.8 Å². The van der Waals surface area contributed by atoms with Crippen LogP contribution in [0.25, 0.3) is 0 Å². The topological polar surface area (TPSA) is 32.3 Å². The third-order valence-electron chi connectivity index (χ3n) is 4.93. The minimum atomic E-state index is 0.0384. The van der Waals surface area contributed by atoms with Crippen molar-refractivity contribution < 1.29 is 4.79 Å². The fourth-order valence-corrected chi connectivity index (χ4v) is 4.97. The fourth-order valence-electron chi connectivity index (χ4n) is 3.94. The molecule has 17 heavy (non-hydrogen) atoms. The van der Waals surface area contributed by atoms with Crippen LogP contribution in [0.5, 0.6) is 0 Å². The largest absolute Gasteiger partial charge is 0.335 e. The summed E-state index contributed by atoms with van der Waals surface area (Å²) in [7, 11) is 1.91. The lowest BCUT2D eigenvalue weighted by Crippen LogP contribution is -2.55. The molecule has 1 N–H and O–H groups in total. The van der Waals surface area contributed by atoms with Crippen LogP contribution in [0.1, 0.15) is 32.1 Å². The first-order valence-electron chi connectivity index (χ1n) is 6.82.